The maximum atomic E-state index is 12.4. The first-order chi connectivity index (χ1) is 13.5. The smallest absolute Gasteiger partial charge is 0.264 e. The summed E-state index contributed by atoms with van der Waals surface area (Å²) in [6.45, 7) is 0.180. The maximum absolute atomic E-state index is 12.4. The van der Waals surface area contributed by atoms with E-state index in [1.165, 1.54) is 21.8 Å². The van der Waals surface area contributed by atoms with Crippen molar-refractivity contribution < 1.29 is 9.59 Å². The van der Waals surface area contributed by atoms with Crippen LogP contribution < -0.4 is 16.2 Å². The summed E-state index contributed by atoms with van der Waals surface area (Å²) in [7, 11) is 1.71. The summed E-state index contributed by atoms with van der Waals surface area (Å²) in [5.74, 6) is -0.481. The highest BCUT2D eigenvalue weighted by Crippen LogP contribution is 2.21. The van der Waals surface area contributed by atoms with Crippen molar-refractivity contribution in [2.45, 2.75) is 31.8 Å². The lowest BCUT2D eigenvalue weighted by atomic mass is 10.1. The van der Waals surface area contributed by atoms with Crippen LogP contribution in [0.1, 0.15) is 29.6 Å². The Morgan fingerprint density at radius 1 is 1.25 bits per heavy atom. The molecule has 1 saturated carbocycles. The van der Waals surface area contributed by atoms with Gasteiger partial charge < -0.3 is 10.6 Å². The predicted octanol–water partition coefficient (Wildman–Crippen LogP) is 1.05. The molecule has 2 aromatic heterocycles. The van der Waals surface area contributed by atoms with Crippen LogP contribution in [0.15, 0.2) is 41.6 Å². The highest BCUT2D eigenvalue weighted by Gasteiger charge is 2.25. The van der Waals surface area contributed by atoms with Gasteiger partial charge in [0, 0.05) is 26.1 Å². The Bertz CT molecular complexity index is 1110. The molecule has 0 aliphatic heterocycles. The lowest BCUT2D eigenvalue weighted by molar-refractivity contribution is -0.116. The first kappa shape index (κ1) is 17.9. The maximum Gasteiger partial charge on any atom is 0.264 e. The number of hydrogen-bond acceptors (Lipinski definition) is 5. The highest BCUT2D eigenvalue weighted by atomic mass is 16.2. The number of carbonyl (C=O) groups excluding carboxylic acids is 2. The molecule has 2 amide bonds. The van der Waals surface area contributed by atoms with Gasteiger partial charge in [-0.2, -0.15) is 5.10 Å². The number of fused-ring (bicyclic) bond motifs is 1. The second kappa shape index (κ2) is 7.26. The van der Waals surface area contributed by atoms with E-state index in [1.807, 2.05) is 0 Å². The molecular formula is C19H20N6O3. The Morgan fingerprint density at radius 3 is 2.82 bits per heavy atom. The van der Waals surface area contributed by atoms with Gasteiger partial charge in [0.25, 0.3) is 11.5 Å². The van der Waals surface area contributed by atoms with E-state index < -0.39 is 0 Å². The largest absolute Gasteiger partial charge is 0.349 e. The molecule has 4 rings (SSSR count). The second-order valence-corrected chi connectivity index (χ2v) is 6.84. The van der Waals surface area contributed by atoms with Gasteiger partial charge in [0.2, 0.25) is 5.91 Å². The number of anilines is 1. The van der Waals surface area contributed by atoms with Gasteiger partial charge in [0.1, 0.15) is 5.39 Å². The number of benzene rings is 1. The fraction of sp³-hybridized carbons (Fsp3) is 0.316. The molecule has 28 heavy (non-hydrogen) atoms. The van der Waals surface area contributed by atoms with Gasteiger partial charge in [-0.15, -0.1) is 0 Å². The Balaban J connectivity index is 1.43. The standard InChI is InChI=1S/C19H20N6O3/c1-24-17-14(10-21-24)19(28)25(11-20-17)9-8-16(26)23-15-5-3-2-4-13(15)18(27)22-12-6-7-12/h2-5,10-12H,6-9H2,1H3,(H,22,27)(H,23,26). The van der Waals surface area contributed by atoms with Gasteiger partial charge in [-0.25, -0.2) is 4.98 Å². The number of rotatable bonds is 6. The minimum atomic E-state index is -0.287. The molecule has 1 fully saturated rings. The first-order valence-electron chi connectivity index (χ1n) is 9.10. The molecule has 3 aromatic rings. The van der Waals surface area contributed by atoms with Crippen LogP contribution in [0.25, 0.3) is 11.0 Å². The minimum Gasteiger partial charge on any atom is -0.349 e. The lowest BCUT2D eigenvalue weighted by Gasteiger charge is -2.11. The number of para-hydroxylation sites is 1. The SMILES string of the molecule is Cn1ncc2c(=O)n(CCC(=O)Nc3ccccc3C(=O)NC3CC3)cnc21. The molecule has 0 atom stereocenters. The number of nitrogens with one attached hydrogen (secondary N) is 2. The quantitative estimate of drug-likeness (QED) is 0.664. The Kier molecular flexibility index (Phi) is 4.64. The fourth-order valence-corrected chi connectivity index (χ4v) is 2.94. The van der Waals surface area contributed by atoms with E-state index in [4.69, 9.17) is 0 Å². The fourth-order valence-electron chi connectivity index (χ4n) is 2.94. The number of hydrogen-bond donors (Lipinski definition) is 2. The third-order valence-electron chi connectivity index (χ3n) is 4.66. The van der Waals surface area contributed by atoms with Crippen LogP contribution in [-0.2, 0) is 18.4 Å². The van der Waals surface area contributed by atoms with Crippen molar-refractivity contribution >= 4 is 28.5 Å². The molecule has 144 valence electrons. The van der Waals surface area contributed by atoms with Crippen LogP contribution in [-0.4, -0.2) is 37.2 Å². The average molecular weight is 380 g/mol. The second-order valence-electron chi connectivity index (χ2n) is 6.84. The molecule has 9 heteroatoms. The molecule has 0 unspecified atom stereocenters. The van der Waals surface area contributed by atoms with E-state index in [9.17, 15) is 14.4 Å². The van der Waals surface area contributed by atoms with Crippen molar-refractivity contribution in [3.05, 3.63) is 52.7 Å². The topological polar surface area (TPSA) is 111 Å². The molecule has 2 N–H and O–H groups in total. The molecule has 2 heterocycles. The molecule has 0 spiro atoms. The summed E-state index contributed by atoms with van der Waals surface area (Å²) in [6, 6.07) is 7.12. The molecule has 9 nitrogen and oxygen atoms in total. The van der Waals surface area contributed by atoms with E-state index >= 15 is 0 Å². The normalized spacial score (nSPS) is 13.5. The molecule has 1 aliphatic rings. The molecule has 0 saturated heterocycles. The zero-order valence-corrected chi connectivity index (χ0v) is 15.4. The van der Waals surface area contributed by atoms with E-state index in [0.717, 1.165) is 12.8 Å². The predicted molar refractivity (Wildman–Crippen MR) is 103 cm³/mol. The number of aromatic nitrogens is 4. The van der Waals surface area contributed by atoms with E-state index in [-0.39, 0.29) is 36.4 Å². The van der Waals surface area contributed by atoms with Crippen molar-refractivity contribution in [1.29, 1.82) is 0 Å². The van der Waals surface area contributed by atoms with Crippen LogP contribution in [0.5, 0.6) is 0 Å². The Morgan fingerprint density at radius 2 is 2.04 bits per heavy atom. The van der Waals surface area contributed by atoms with E-state index in [1.54, 1.807) is 31.3 Å². The van der Waals surface area contributed by atoms with E-state index in [2.05, 4.69) is 20.7 Å². The monoisotopic (exact) mass is 380 g/mol. The van der Waals surface area contributed by atoms with Gasteiger partial charge >= 0.3 is 0 Å². The van der Waals surface area contributed by atoms with Crippen LogP contribution >= 0.6 is 0 Å². The summed E-state index contributed by atoms with van der Waals surface area (Å²) >= 11 is 0. The van der Waals surface area contributed by atoms with Crippen LogP contribution in [0.4, 0.5) is 5.69 Å². The van der Waals surface area contributed by atoms with Crippen LogP contribution in [0.3, 0.4) is 0 Å². The van der Waals surface area contributed by atoms with Gasteiger partial charge in [-0.05, 0) is 25.0 Å². The minimum absolute atomic E-state index is 0.0753. The number of aryl methyl sites for hydroxylation is 2. The van der Waals surface area contributed by atoms with Crippen LogP contribution in [0, 0.1) is 0 Å². The third kappa shape index (κ3) is 3.64. The summed E-state index contributed by atoms with van der Waals surface area (Å²) in [5.41, 5.74) is 1.15. The summed E-state index contributed by atoms with van der Waals surface area (Å²) in [6.07, 6.45) is 4.94. The van der Waals surface area contributed by atoms with Gasteiger partial charge in [0.05, 0.1) is 23.8 Å². The molecule has 1 aliphatic carbocycles. The van der Waals surface area contributed by atoms with E-state index in [0.29, 0.717) is 22.3 Å². The highest BCUT2D eigenvalue weighted by molar-refractivity contribution is 6.03. The first-order valence-corrected chi connectivity index (χ1v) is 9.10. The third-order valence-corrected chi connectivity index (χ3v) is 4.66. The van der Waals surface area contributed by atoms with Gasteiger partial charge in [0.15, 0.2) is 5.65 Å². The molecule has 1 aromatic carbocycles. The van der Waals surface area contributed by atoms with Crippen molar-refractivity contribution in [2.24, 2.45) is 7.05 Å². The summed E-state index contributed by atoms with van der Waals surface area (Å²) in [4.78, 5) is 41.4. The zero-order chi connectivity index (χ0) is 19.7. The Labute approximate surface area is 160 Å². The number of nitrogens with zero attached hydrogens (tertiary/aromatic N) is 4. The number of carbonyl (C=O) groups is 2. The lowest BCUT2D eigenvalue weighted by Crippen LogP contribution is -2.27. The Hall–Kier alpha value is -3.49. The summed E-state index contributed by atoms with van der Waals surface area (Å²) in [5, 5.41) is 10.1. The van der Waals surface area contributed by atoms with Crippen molar-refractivity contribution in [3.63, 3.8) is 0 Å². The molecule has 0 bridgehead atoms. The average Bonchev–Trinajstić information content (AvgIpc) is 3.42. The van der Waals surface area contributed by atoms with Gasteiger partial charge in [-0.1, -0.05) is 12.1 Å². The number of amides is 2. The van der Waals surface area contributed by atoms with Crippen LogP contribution in [0.2, 0.25) is 0 Å². The van der Waals surface area contributed by atoms with Gasteiger partial charge in [-0.3, -0.25) is 23.6 Å². The van der Waals surface area contributed by atoms with Crippen molar-refractivity contribution in [2.75, 3.05) is 5.32 Å². The molecule has 0 radical (unpaired) electrons. The summed E-state index contributed by atoms with van der Waals surface area (Å²) < 4.78 is 2.91. The zero-order valence-electron chi connectivity index (χ0n) is 15.4. The molecular weight excluding hydrogens is 360 g/mol. The van der Waals surface area contributed by atoms with Crippen molar-refractivity contribution in [1.82, 2.24) is 24.6 Å². The van der Waals surface area contributed by atoms with Crippen molar-refractivity contribution in [3.8, 4) is 0 Å².